The molecule has 0 N–H and O–H groups in total. The summed E-state index contributed by atoms with van der Waals surface area (Å²) in [7, 11) is 0. The fourth-order valence-electron chi connectivity index (χ4n) is 1.97. The van der Waals surface area contributed by atoms with Gasteiger partial charge in [-0.05, 0) is 26.0 Å². The van der Waals surface area contributed by atoms with E-state index >= 15 is 0 Å². The predicted octanol–water partition coefficient (Wildman–Crippen LogP) is 1.69. The highest BCUT2D eigenvalue weighted by atomic mass is 35.5. The second kappa shape index (κ2) is 5.37. The summed E-state index contributed by atoms with van der Waals surface area (Å²) in [6.45, 7) is 6.07. The van der Waals surface area contributed by atoms with Crippen molar-refractivity contribution in [2.75, 3.05) is 26.2 Å². The summed E-state index contributed by atoms with van der Waals surface area (Å²) in [6, 6.07) is 0. The van der Waals surface area contributed by atoms with Gasteiger partial charge >= 0.3 is 0 Å². The van der Waals surface area contributed by atoms with Crippen molar-refractivity contribution in [3.05, 3.63) is 12.2 Å². The minimum absolute atomic E-state index is 0. The van der Waals surface area contributed by atoms with Crippen molar-refractivity contribution >= 4 is 18.1 Å². The van der Waals surface area contributed by atoms with Crippen LogP contribution in [0.3, 0.4) is 0 Å². The molecule has 4 heteroatoms. The van der Waals surface area contributed by atoms with E-state index < -0.39 is 0 Å². The molecule has 0 saturated carbocycles. The van der Waals surface area contributed by atoms with Gasteiger partial charge in [0, 0.05) is 19.0 Å². The second-order valence-corrected chi connectivity index (χ2v) is 3.67. The zero-order valence-corrected chi connectivity index (χ0v) is 9.30. The van der Waals surface area contributed by atoms with Crippen LogP contribution in [0.25, 0.3) is 0 Å². The van der Waals surface area contributed by atoms with Crippen LogP contribution in [0.1, 0.15) is 13.3 Å². The zero-order valence-electron chi connectivity index (χ0n) is 8.48. The Kier molecular flexibility index (Phi) is 4.42. The van der Waals surface area contributed by atoms with Crippen molar-refractivity contribution in [2.24, 2.45) is 11.1 Å². The number of hydrogen-bond donors (Lipinski definition) is 0. The smallest absolute Gasteiger partial charge is 0.135 e. The average Bonchev–Trinajstić information content (AvgIpc) is 2.73. The maximum atomic E-state index is 5.19. The second-order valence-electron chi connectivity index (χ2n) is 3.67. The van der Waals surface area contributed by atoms with Crippen molar-refractivity contribution in [3.8, 4) is 0 Å². The number of halogens is 1. The molecular weight excluding hydrogens is 200 g/mol. The Hall–Kier alpha value is -0.540. The fourth-order valence-corrected chi connectivity index (χ4v) is 1.97. The first kappa shape index (κ1) is 11.5. The first-order valence-corrected chi connectivity index (χ1v) is 4.92. The average molecular weight is 217 g/mol. The van der Waals surface area contributed by atoms with Gasteiger partial charge in [-0.25, -0.2) is 0 Å². The van der Waals surface area contributed by atoms with Gasteiger partial charge in [-0.1, -0.05) is 11.2 Å². The van der Waals surface area contributed by atoms with E-state index in [0.29, 0.717) is 12.5 Å². The Morgan fingerprint density at radius 1 is 1.64 bits per heavy atom. The quantitative estimate of drug-likeness (QED) is 0.408. The summed E-state index contributed by atoms with van der Waals surface area (Å²) in [6.07, 6.45) is 5.22. The fraction of sp³-hybridized carbons (Fsp3) is 0.700. The molecule has 2 atom stereocenters. The Morgan fingerprint density at radius 2 is 2.50 bits per heavy atom. The van der Waals surface area contributed by atoms with Gasteiger partial charge < -0.3 is 4.84 Å². The Morgan fingerprint density at radius 3 is 3.07 bits per heavy atom. The van der Waals surface area contributed by atoms with Gasteiger partial charge in [0.15, 0.2) is 0 Å². The lowest BCUT2D eigenvalue weighted by atomic mass is 10.0. The first-order valence-electron chi connectivity index (χ1n) is 4.92. The molecule has 2 heterocycles. The van der Waals surface area contributed by atoms with Crippen LogP contribution in [0.5, 0.6) is 0 Å². The molecule has 14 heavy (non-hydrogen) atoms. The topological polar surface area (TPSA) is 24.8 Å². The van der Waals surface area contributed by atoms with Crippen molar-refractivity contribution in [3.63, 3.8) is 0 Å². The summed E-state index contributed by atoms with van der Waals surface area (Å²) in [4.78, 5) is 7.62. The standard InChI is InChI=1S/C10H16N2O.ClH/c1-2-3-6-13-11-10-8-12-5-4-9(10)7-12;/h2-3,9H,4-8H2,1H3;1H/b3-2+,11-10?;. The molecule has 2 bridgehead atoms. The minimum atomic E-state index is 0. The normalized spacial score (nSPS) is 32.5. The molecule has 2 aliphatic rings. The molecule has 2 aliphatic heterocycles. The van der Waals surface area contributed by atoms with Crippen LogP contribution in [-0.2, 0) is 4.84 Å². The maximum absolute atomic E-state index is 5.19. The molecule has 80 valence electrons. The SMILES string of the molecule is C/C=C/CON=C1CN2CCC1C2.Cl. The summed E-state index contributed by atoms with van der Waals surface area (Å²) in [5.74, 6) is 0.686. The first-order chi connectivity index (χ1) is 6.40. The molecule has 0 aromatic rings. The van der Waals surface area contributed by atoms with Gasteiger partial charge in [0.05, 0.1) is 5.71 Å². The molecule has 0 amide bonds. The molecule has 0 aliphatic carbocycles. The Labute approximate surface area is 91.2 Å². The molecular formula is C10H17ClN2O. The van der Waals surface area contributed by atoms with Crippen LogP contribution in [0.15, 0.2) is 17.3 Å². The van der Waals surface area contributed by atoms with Gasteiger partial charge in [0.2, 0.25) is 0 Å². The molecule has 2 unspecified atom stereocenters. The lowest BCUT2D eigenvalue weighted by molar-refractivity contribution is 0.172. The van der Waals surface area contributed by atoms with E-state index in [0.717, 1.165) is 6.54 Å². The summed E-state index contributed by atoms with van der Waals surface area (Å²) in [5.41, 5.74) is 1.25. The molecule has 3 nitrogen and oxygen atoms in total. The summed E-state index contributed by atoms with van der Waals surface area (Å²) < 4.78 is 0. The monoisotopic (exact) mass is 216 g/mol. The molecule has 2 fully saturated rings. The zero-order chi connectivity index (χ0) is 9.10. The molecule has 0 spiro atoms. The number of hydrogen-bond acceptors (Lipinski definition) is 3. The predicted molar refractivity (Wildman–Crippen MR) is 60.0 cm³/mol. The van der Waals surface area contributed by atoms with Crippen LogP contribution in [0.4, 0.5) is 0 Å². The molecule has 0 aromatic carbocycles. The van der Waals surface area contributed by atoms with E-state index in [4.69, 9.17) is 4.84 Å². The van der Waals surface area contributed by atoms with Crippen LogP contribution in [-0.4, -0.2) is 36.9 Å². The van der Waals surface area contributed by atoms with Gasteiger partial charge in [-0.15, -0.1) is 12.4 Å². The van der Waals surface area contributed by atoms with Crippen LogP contribution < -0.4 is 0 Å². The maximum Gasteiger partial charge on any atom is 0.135 e. The van der Waals surface area contributed by atoms with E-state index in [9.17, 15) is 0 Å². The summed E-state index contributed by atoms with van der Waals surface area (Å²) >= 11 is 0. The van der Waals surface area contributed by atoms with E-state index in [1.807, 2.05) is 19.1 Å². The van der Waals surface area contributed by atoms with Crippen LogP contribution in [0.2, 0.25) is 0 Å². The van der Waals surface area contributed by atoms with Gasteiger partial charge in [-0.3, -0.25) is 4.90 Å². The highest BCUT2D eigenvalue weighted by Crippen LogP contribution is 2.25. The lowest BCUT2D eigenvalue weighted by Gasteiger charge is -2.12. The summed E-state index contributed by atoms with van der Waals surface area (Å²) in [5, 5.41) is 4.17. The number of allylic oxidation sites excluding steroid dienone is 1. The van der Waals surface area contributed by atoms with Crippen LogP contribution >= 0.6 is 12.4 Å². The number of piperidine rings is 1. The molecule has 2 saturated heterocycles. The lowest BCUT2D eigenvalue weighted by Crippen LogP contribution is -2.23. The van der Waals surface area contributed by atoms with E-state index in [-0.39, 0.29) is 12.4 Å². The van der Waals surface area contributed by atoms with Gasteiger partial charge in [0.25, 0.3) is 0 Å². The van der Waals surface area contributed by atoms with E-state index in [2.05, 4.69) is 10.1 Å². The van der Waals surface area contributed by atoms with E-state index in [1.54, 1.807) is 0 Å². The number of fused-ring (bicyclic) bond motifs is 2. The van der Waals surface area contributed by atoms with Gasteiger partial charge in [0.1, 0.15) is 6.61 Å². The Bertz CT molecular complexity index is 240. The van der Waals surface area contributed by atoms with Gasteiger partial charge in [-0.2, -0.15) is 0 Å². The molecule has 0 radical (unpaired) electrons. The van der Waals surface area contributed by atoms with Crippen molar-refractivity contribution < 1.29 is 4.84 Å². The third-order valence-electron chi connectivity index (χ3n) is 2.72. The highest BCUT2D eigenvalue weighted by Gasteiger charge is 2.35. The van der Waals surface area contributed by atoms with Crippen molar-refractivity contribution in [1.82, 2.24) is 4.90 Å². The van der Waals surface area contributed by atoms with Crippen molar-refractivity contribution in [1.29, 1.82) is 0 Å². The van der Waals surface area contributed by atoms with Crippen molar-refractivity contribution in [2.45, 2.75) is 13.3 Å². The van der Waals surface area contributed by atoms with Crippen LogP contribution in [0, 0.1) is 5.92 Å². The number of oxime groups is 1. The largest absolute Gasteiger partial charge is 0.392 e. The third kappa shape index (κ3) is 2.49. The molecule has 2 rings (SSSR count). The third-order valence-corrected chi connectivity index (χ3v) is 2.72. The number of rotatable bonds is 3. The highest BCUT2D eigenvalue weighted by molar-refractivity contribution is 5.91. The molecule has 0 aromatic heterocycles. The number of nitrogens with zero attached hydrogens (tertiary/aromatic N) is 2. The van der Waals surface area contributed by atoms with E-state index in [1.165, 1.54) is 25.2 Å². The minimum Gasteiger partial charge on any atom is -0.392 e. The Balaban J connectivity index is 0.000000980.